The Hall–Kier alpha value is -4.55. The van der Waals surface area contributed by atoms with Gasteiger partial charge in [-0.3, -0.25) is 0 Å². The summed E-state index contributed by atoms with van der Waals surface area (Å²) in [6, 6.07) is 7.50. The standard InChI is InChI=1S/C25H24O12.6CH4/c26-15-5-1-13(9-17(15)28)3-7-21(31)36-20-12-25(35,24(33)34)11-19(30)23(20)37-22(32)8-4-14-2-6-16(27)18(29)10-14;;;;;;/h1-10,19-20,23,26-30,35H,11-12H2,(H,33,34);6*1H4. The number of hydrogen-bond donors (Lipinski definition) is 7. The molecule has 0 aromatic heterocycles. The first-order valence-electron chi connectivity index (χ1n) is 10.8. The molecule has 1 saturated carbocycles. The van der Waals surface area contributed by atoms with E-state index >= 15 is 0 Å². The van der Waals surface area contributed by atoms with Crippen molar-refractivity contribution in [2.75, 3.05) is 0 Å². The quantitative estimate of drug-likeness (QED) is 0.127. The second kappa shape index (κ2) is 18.8. The summed E-state index contributed by atoms with van der Waals surface area (Å²) in [5, 5.41) is 68.0. The second-order valence-electron chi connectivity index (χ2n) is 8.35. The number of ether oxygens (including phenoxy) is 2. The van der Waals surface area contributed by atoms with E-state index in [9.17, 15) is 50.1 Å². The summed E-state index contributed by atoms with van der Waals surface area (Å²) in [5.41, 5.74) is -1.82. The Morgan fingerprint density at radius 1 is 0.698 bits per heavy atom. The molecule has 1 fully saturated rings. The van der Waals surface area contributed by atoms with Crippen molar-refractivity contribution in [2.45, 2.75) is 81.3 Å². The summed E-state index contributed by atoms with van der Waals surface area (Å²) in [5.74, 6) is -5.29. The largest absolute Gasteiger partial charge is 0.504 e. The van der Waals surface area contributed by atoms with Gasteiger partial charge in [-0.05, 0) is 47.5 Å². The fourth-order valence-corrected chi connectivity index (χ4v) is 3.66. The average molecular weight is 613 g/mol. The molecule has 0 amide bonds. The van der Waals surface area contributed by atoms with Crippen LogP contribution >= 0.6 is 0 Å². The maximum absolute atomic E-state index is 12.4. The molecule has 0 heterocycles. The molecule has 2 aromatic carbocycles. The number of carboxylic acids is 1. The van der Waals surface area contributed by atoms with Gasteiger partial charge in [-0.25, -0.2) is 14.4 Å². The number of carbonyl (C=O) groups excluding carboxylic acids is 2. The van der Waals surface area contributed by atoms with Gasteiger partial charge in [0.15, 0.2) is 34.7 Å². The summed E-state index contributed by atoms with van der Waals surface area (Å²) in [7, 11) is 0. The fourth-order valence-electron chi connectivity index (χ4n) is 3.66. The Bertz CT molecular complexity index is 1250. The van der Waals surface area contributed by atoms with Gasteiger partial charge in [-0.15, -0.1) is 0 Å². The van der Waals surface area contributed by atoms with Crippen molar-refractivity contribution in [1.82, 2.24) is 0 Å². The number of phenolic OH excluding ortho intramolecular Hbond substituents is 4. The second-order valence-corrected chi connectivity index (χ2v) is 8.35. The first kappa shape index (κ1) is 45.4. The van der Waals surface area contributed by atoms with E-state index in [2.05, 4.69) is 0 Å². The number of aliphatic hydroxyl groups excluding tert-OH is 1. The Labute approximate surface area is 253 Å². The number of aliphatic carboxylic acids is 1. The monoisotopic (exact) mass is 612 g/mol. The molecule has 0 bridgehead atoms. The molecule has 4 atom stereocenters. The van der Waals surface area contributed by atoms with Crippen LogP contribution in [0.5, 0.6) is 23.0 Å². The van der Waals surface area contributed by atoms with Gasteiger partial charge in [-0.2, -0.15) is 0 Å². The third-order valence-electron chi connectivity index (χ3n) is 5.57. The van der Waals surface area contributed by atoms with Gasteiger partial charge in [0, 0.05) is 25.0 Å². The van der Waals surface area contributed by atoms with E-state index in [1.807, 2.05) is 0 Å². The predicted octanol–water partition coefficient (Wildman–Crippen LogP) is 4.85. The SMILES string of the molecule is C.C.C.C.C.C.O=C(C=Cc1ccc(O)c(O)c1)OC1CC(O)(C(=O)O)CC(O)C1OC(=O)C=Cc1ccc(O)c(O)c1. The molecule has 3 rings (SSSR count). The summed E-state index contributed by atoms with van der Waals surface area (Å²) in [6.07, 6.45) is -1.86. The molecule has 1 aliphatic carbocycles. The molecular formula is C31H48O12. The maximum Gasteiger partial charge on any atom is 0.335 e. The number of carboxylic acid groups (broad SMARTS) is 1. The molecule has 0 aliphatic heterocycles. The van der Waals surface area contributed by atoms with Crippen molar-refractivity contribution in [3.8, 4) is 23.0 Å². The number of hydrogen-bond acceptors (Lipinski definition) is 11. The maximum atomic E-state index is 12.4. The van der Waals surface area contributed by atoms with Crippen molar-refractivity contribution in [3.63, 3.8) is 0 Å². The predicted molar refractivity (Wildman–Crippen MR) is 166 cm³/mol. The van der Waals surface area contributed by atoms with Crippen LogP contribution in [0.1, 0.15) is 68.5 Å². The number of benzene rings is 2. The lowest BCUT2D eigenvalue weighted by Gasteiger charge is -2.40. The van der Waals surface area contributed by atoms with E-state index in [0.29, 0.717) is 11.1 Å². The lowest BCUT2D eigenvalue weighted by molar-refractivity contribution is -0.204. The molecule has 1 aliphatic rings. The van der Waals surface area contributed by atoms with Crippen LogP contribution in [0.25, 0.3) is 12.2 Å². The van der Waals surface area contributed by atoms with E-state index in [0.717, 1.165) is 18.2 Å². The molecule has 244 valence electrons. The van der Waals surface area contributed by atoms with Crippen molar-refractivity contribution in [2.24, 2.45) is 0 Å². The van der Waals surface area contributed by atoms with Crippen LogP contribution < -0.4 is 0 Å². The Balaban J connectivity index is -0.00000127. The summed E-state index contributed by atoms with van der Waals surface area (Å²) in [6.45, 7) is 0. The smallest absolute Gasteiger partial charge is 0.335 e. The number of rotatable bonds is 7. The zero-order valence-corrected chi connectivity index (χ0v) is 19.1. The summed E-state index contributed by atoms with van der Waals surface area (Å²) < 4.78 is 10.4. The van der Waals surface area contributed by atoms with Crippen molar-refractivity contribution < 1.29 is 59.6 Å². The lowest BCUT2D eigenvalue weighted by atomic mass is 9.79. The number of aromatic hydroxyl groups is 4. The molecule has 0 saturated heterocycles. The zero-order chi connectivity index (χ0) is 27.3. The highest BCUT2D eigenvalue weighted by Gasteiger charge is 2.52. The van der Waals surface area contributed by atoms with E-state index in [-0.39, 0.29) is 56.1 Å². The number of carbonyl (C=O) groups is 3. The van der Waals surface area contributed by atoms with Crippen molar-refractivity contribution in [1.29, 1.82) is 0 Å². The zero-order valence-electron chi connectivity index (χ0n) is 19.1. The molecule has 0 radical (unpaired) electrons. The lowest BCUT2D eigenvalue weighted by Crippen LogP contribution is -2.58. The fraction of sp³-hybridized carbons (Fsp3) is 0.387. The van der Waals surface area contributed by atoms with Crippen LogP contribution in [0.15, 0.2) is 48.6 Å². The Morgan fingerprint density at radius 2 is 1.12 bits per heavy atom. The van der Waals surface area contributed by atoms with Gasteiger partial charge in [0.1, 0.15) is 6.10 Å². The minimum Gasteiger partial charge on any atom is -0.504 e. The van der Waals surface area contributed by atoms with Crippen LogP contribution in [0.2, 0.25) is 0 Å². The summed E-state index contributed by atoms with van der Waals surface area (Å²) >= 11 is 0. The molecule has 7 N–H and O–H groups in total. The first-order chi connectivity index (χ1) is 17.4. The van der Waals surface area contributed by atoms with Crippen LogP contribution in [-0.4, -0.2) is 77.6 Å². The van der Waals surface area contributed by atoms with E-state index < -0.39 is 66.2 Å². The third kappa shape index (κ3) is 11.7. The Kier molecular flexibility index (Phi) is 19.9. The number of aliphatic hydroxyl groups is 2. The molecule has 43 heavy (non-hydrogen) atoms. The van der Waals surface area contributed by atoms with E-state index in [4.69, 9.17) is 9.47 Å². The highest BCUT2D eigenvalue weighted by atomic mass is 16.6. The highest BCUT2D eigenvalue weighted by molar-refractivity contribution is 5.88. The molecule has 2 aromatic rings. The van der Waals surface area contributed by atoms with Crippen LogP contribution in [0.4, 0.5) is 0 Å². The van der Waals surface area contributed by atoms with Crippen molar-refractivity contribution in [3.05, 3.63) is 59.7 Å². The normalized spacial score (nSPS) is 20.4. The molecule has 0 spiro atoms. The van der Waals surface area contributed by atoms with Crippen LogP contribution in [0.3, 0.4) is 0 Å². The van der Waals surface area contributed by atoms with Gasteiger partial charge in [0.05, 0.1) is 6.10 Å². The van der Waals surface area contributed by atoms with Gasteiger partial charge in [0.25, 0.3) is 0 Å². The van der Waals surface area contributed by atoms with E-state index in [1.165, 1.54) is 42.5 Å². The Morgan fingerprint density at radius 3 is 1.51 bits per heavy atom. The molecule has 12 heteroatoms. The third-order valence-corrected chi connectivity index (χ3v) is 5.57. The number of esters is 2. The van der Waals surface area contributed by atoms with Gasteiger partial charge in [0.2, 0.25) is 0 Å². The minimum absolute atomic E-state index is 0. The minimum atomic E-state index is -2.46. The molecule has 4 unspecified atom stereocenters. The van der Waals surface area contributed by atoms with Gasteiger partial charge in [-0.1, -0.05) is 56.7 Å². The first-order valence-corrected chi connectivity index (χ1v) is 10.8. The van der Waals surface area contributed by atoms with E-state index in [1.54, 1.807) is 0 Å². The average Bonchev–Trinajstić information content (AvgIpc) is 2.82. The summed E-state index contributed by atoms with van der Waals surface area (Å²) in [4.78, 5) is 36.3. The van der Waals surface area contributed by atoms with Gasteiger partial charge >= 0.3 is 17.9 Å². The van der Waals surface area contributed by atoms with Crippen LogP contribution in [0, 0.1) is 0 Å². The molecule has 12 nitrogen and oxygen atoms in total. The molecular weight excluding hydrogens is 564 g/mol. The van der Waals surface area contributed by atoms with Crippen LogP contribution in [-0.2, 0) is 23.9 Å². The van der Waals surface area contributed by atoms with Crippen molar-refractivity contribution >= 4 is 30.1 Å². The number of phenols is 4. The highest BCUT2D eigenvalue weighted by Crippen LogP contribution is 2.33. The van der Waals surface area contributed by atoms with Gasteiger partial charge < -0.3 is 45.2 Å². The topological polar surface area (TPSA) is 211 Å².